The Morgan fingerprint density at radius 1 is 1.18 bits per heavy atom. The Hall–Kier alpha value is -2.03. The molecule has 2 N–H and O–H groups in total. The van der Waals surface area contributed by atoms with Crippen LogP contribution in [0.3, 0.4) is 0 Å². The van der Waals surface area contributed by atoms with Gasteiger partial charge in [-0.05, 0) is 35.7 Å². The fraction of sp³-hybridized carbons (Fsp3) is 0.143. The lowest BCUT2D eigenvalue weighted by molar-refractivity contribution is 0.414. The summed E-state index contributed by atoms with van der Waals surface area (Å²) in [7, 11) is 1.48. The highest BCUT2D eigenvalue weighted by Gasteiger charge is 2.10. The first-order valence-electron chi connectivity index (χ1n) is 5.32. The molecule has 0 radical (unpaired) electrons. The molecule has 0 aliphatic heterocycles. The number of hydrogen-bond donors (Lipinski definition) is 1. The molecule has 2 aromatic rings. The first kappa shape index (κ1) is 11.5. The van der Waals surface area contributed by atoms with Crippen LogP contribution >= 0.6 is 0 Å². The zero-order valence-corrected chi connectivity index (χ0v) is 9.83. The summed E-state index contributed by atoms with van der Waals surface area (Å²) < 4.78 is 18.7. The highest BCUT2D eigenvalue weighted by Crippen LogP contribution is 2.32. The molecule has 0 aliphatic carbocycles. The van der Waals surface area contributed by atoms with Gasteiger partial charge in [0, 0.05) is 0 Å². The van der Waals surface area contributed by atoms with Gasteiger partial charge in [0.2, 0.25) is 0 Å². The molecular weight excluding hydrogens is 217 g/mol. The van der Waals surface area contributed by atoms with Gasteiger partial charge >= 0.3 is 0 Å². The lowest BCUT2D eigenvalue weighted by atomic mass is 10.00. The van der Waals surface area contributed by atoms with Gasteiger partial charge in [-0.3, -0.25) is 0 Å². The Kier molecular flexibility index (Phi) is 3.00. The van der Waals surface area contributed by atoms with Crippen molar-refractivity contribution in [2.45, 2.75) is 6.92 Å². The van der Waals surface area contributed by atoms with E-state index in [-0.39, 0.29) is 5.69 Å². The average Bonchev–Trinajstić information content (AvgIpc) is 2.33. The second-order valence-corrected chi connectivity index (χ2v) is 3.89. The maximum absolute atomic E-state index is 13.6. The molecule has 0 aromatic heterocycles. The molecule has 3 heteroatoms. The number of nitrogen functional groups attached to an aromatic ring is 1. The zero-order valence-electron chi connectivity index (χ0n) is 9.83. The van der Waals surface area contributed by atoms with Crippen molar-refractivity contribution in [3.8, 4) is 16.9 Å². The van der Waals surface area contributed by atoms with Crippen molar-refractivity contribution in [1.29, 1.82) is 0 Å². The van der Waals surface area contributed by atoms with Gasteiger partial charge in [0.15, 0.2) is 5.82 Å². The van der Waals surface area contributed by atoms with Crippen molar-refractivity contribution in [3.05, 3.63) is 47.8 Å². The highest BCUT2D eigenvalue weighted by molar-refractivity contribution is 5.72. The first-order valence-corrected chi connectivity index (χ1v) is 5.32. The maximum atomic E-state index is 13.6. The van der Waals surface area contributed by atoms with E-state index in [4.69, 9.17) is 10.5 Å². The number of nitrogens with two attached hydrogens (primary N) is 1. The predicted molar refractivity (Wildman–Crippen MR) is 67.5 cm³/mol. The molecule has 0 aliphatic rings. The van der Waals surface area contributed by atoms with Gasteiger partial charge in [-0.15, -0.1) is 0 Å². The molecule has 0 saturated carbocycles. The van der Waals surface area contributed by atoms with Gasteiger partial charge in [0.25, 0.3) is 0 Å². The smallest absolute Gasteiger partial charge is 0.150 e. The third-order valence-electron chi connectivity index (χ3n) is 2.77. The Bertz CT molecular complexity index is 552. The number of ether oxygens (including phenoxy) is 1. The summed E-state index contributed by atoms with van der Waals surface area (Å²) in [5.41, 5.74) is 8.45. The van der Waals surface area contributed by atoms with E-state index in [2.05, 4.69) is 0 Å². The van der Waals surface area contributed by atoms with Crippen LogP contribution in [0.15, 0.2) is 36.4 Å². The number of rotatable bonds is 2. The van der Waals surface area contributed by atoms with Gasteiger partial charge in [-0.1, -0.05) is 24.3 Å². The minimum atomic E-state index is -0.456. The van der Waals surface area contributed by atoms with Gasteiger partial charge < -0.3 is 10.5 Å². The number of methoxy groups -OCH3 is 1. The largest absolute Gasteiger partial charge is 0.494 e. The van der Waals surface area contributed by atoms with Gasteiger partial charge in [-0.25, -0.2) is 4.39 Å². The van der Waals surface area contributed by atoms with E-state index in [0.29, 0.717) is 5.75 Å². The van der Waals surface area contributed by atoms with E-state index in [1.807, 2.05) is 31.2 Å². The van der Waals surface area contributed by atoms with E-state index in [9.17, 15) is 4.39 Å². The molecule has 17 heavy (non-hydrogen) atoms. The number of anilines is 1. The molecule has 0 unspecified atom stereocenters. The minimum Gasteiger partial charge on any atom is -0.494 e. The van der Waals surface area contributed by atoms with Gasteiger partial charge in [0.05, 0.1) is 7.11 Å². The van der Waals surface area contributed by atoms with Gasteiger partial charge in [0.1, 0.15) is 11.4 Å². The fourth-order valence-electron chi connectivity index (χ4n) is 1.81. The van der Waals surface area contributed by atoms with Crippen LogP contribution in [0.1, 0.15) is 5.56 Å². The summed E-state index contributed by atoms with van der Waals surface area (Å²) in [6, 6.07) is 11.0. The molecule has 0 bridgehead atoms. The third-order valence-corrected chi connectivity index (χ3v) is 2.77. The van der Waals surface area contributed by atoms with E-state index in [1.54, 1.807) is 6.07 Å². The number of benzene rings is 2. The molecule has 0 atom stereocenters. The van der Waals surface area contributed by atoms with Crippen molar-refractivity contribution in [3.63, 3.8) is 0 Å². The summed E-state index contributed by atoms with van der Waals surface area (Å²) in [4.78, 5) is 0. The Balaban J connectivity index is 2.61. The van der Waals surface area contributed by atoms with E-state index in [1.165, 1.54) is 13.2 Å². The van der Waals surface area contributed by atoms with E-state index in [0.717, 1.165) is 16.7 Å². The molecule has 0 spiro atoms. The molecule has 0 fully saturated rings. The normalized spacial score (nSPS) is 10.3. The summed E-state index contributed by atoms with van der Waals surface area (Å²) in [6.45, 7) is 1.98. The van der Waals surface area contributed by atoms with Crippen LogP contribution in [0.2, 0.25) is 0 Å². The molecule has 2 nitrogen and oxygen atoms in total. The van der Waals surface area contributed by atoms with E-state index < -0.39 is 5.82 Å². The Morgan fingerprint density at radius 2 is 1.88 bits per heavy atom. The van der Waals surface area contributed by atoms with Crippen molar-refractivity contribution >= 4 is 5.69 Å². The Labute approximate surface area is 99.8 Å². The maximum Gasteiger partial charge on any atom is 0.150 e. The van der Waals surface area contributed by atoms with Crippen LogP contribution in [0.4, 0.5) is 10.1 Å². The van der Waals surface area contributed by atoms with Crippen molar-refractivity contribution < 1.29 is 9.13 Å². The molecule has 0 saturated heterocycles. The SMILES string of the molecule is COc1cc(-c2ccccc2C)cc(F)c1N. The van der Waals surface area contributed by atoms with Crippen LogP contribution in [0, 0.1) is 12.7 Å². The van der Waals surface area contributed by atoms with Crippen molar-refractivity contribution in [2.75, 3.05) is 12.8 Å². The molecule has 2 rings (SSSR count). The zero-order chi connectivity index (χ0) is 12.4. The molecule has 2 aromatic carbocycles. The van der Waals surface area contributed by atoms with Crippen LogP contribution in [0.5, 0.6) is 5.75 Å². The monoisotopic (exact) mass is 231 g/mol. The third kappa shape index (κ3) is 2.09. The number of hydrogen-bond acceptors (Lipinski definition) is 2. The number of halogens is 1. The standard InChI is InChI=1S/C14H14FNO/c1-9-5-3-4-6-11(9)10-7-12(15)14(16)13(8-10)17-2/h3-8H,16H2,1-2H3. The molecule has 0 heterocycles. The van der Waals surface area contributed by atoms with E-state index >= 15 is 0 Å². The first-order chi connectivity index (χ1) is 8.13. The van der Waals surface area contributed by atoms with Gasteiger partial charge in [-0.2, -0.15) is 0 Å². The van der Waals surface area contributed by atoms with Crippen LogP contribution in [-0.2, 0) is 0 Å². The topological polar surface area (TPSA) is 35.2 Å². The second kappa shape index (κ2) is 4.45. The lowest BCUT2D eigenvalue weighted by Crippen LogP contribution is -1.97. The average molecular weight is 231 g/mol. The summed E-state index contributed by atoms with van der Waals surface area (Å²) >= 11 is 0. The van der Waals surface area contributed by atoms with Crippen LogP contribution < -0.4 is 10.5 Å². The molecule has 88 valence electrons. The summed E-state index contributed by atoms with van der Waals surface area (Å²) in [5, 5.41) is 0. The van der Waals surface area contributed by atoms with Crippen LogP contribution in [0.25, 0.3) is 11.1 Å². The highest BCUT2D eigenvalue weighted by atomic mass is 19.1. The fourth-order valence-corrected chi connectivity index (χ4v) is 1.81. The molecule has 0 amide bonds. The minimum absolute atomic E-state index is 0.0461. The second-order valence-electron chi connectivity index (χ2n) is 3.89. The summed E-state index contributed by atoms with van der Waals surface area (Å²) in [5.74, 6) is -0.0918. The lowest BCUT2D eigenvalue weighted by Gasteiger charge is -2.10. The quantitative estimate of drug-likeness (QED) is 0.804. The van der Waals surface area contributed by atoms with Crippen LogP contribution in [-0.4, -0.2) is 7.11 Å². The molecular formula is C14H14FNO. The van der Waals surface area contributed by atoms with Crippen molar-refractivity contribution in [1.82, 2.24) is 0 Å². The summed E-state index contributed by atoms with van der Waals surface area (Å²) in [6.07, 6.45) is 0. The Morgan fingerprint density at radius 3 is 2.53 bits per heavy atom. The number of aryl methyl sites for hydroxylation is 1. The predicted octanol–water partition coefficient (Wildman–Crippen LogP) is 3.39. The van der Waals surface area contributed by atoms with Crippen molar-refractivity contribution in [2.24, 2.45) is 0 Å².